The number of amides is 5. The molecule has 4 N–H and O–H groups in total. The van der Waals surface area contributed by atoms with Gasteiger partial charge in [0.15, 0.2) is 0 Å². The van der Waals surface area contributed by atoms with Crippen LogP contribution in [0.15, 0.2) is 30.3 Å². The fourth-order valence-corrected chi connectivity index (χ4v) is 8.28. The summed E-state index contributed by atoms with van der Waals surface area (Å²) in [5.41, 5.74) is -0.408. The number of fused-ring (bicyclic) bond motifs is 1. The summed E-state index contributed by atoms with van der Waals surface area (Å²) < 4.78 is 5.78. The molecule has 3 fully saturated rings. The molecular formula is C34H52N6O6S. The highest BCUT2D eigenvalue weighted by Crippen LogP contribution is 2.36. The minimum Gasteiger partial charge on any atom is -0.464 e. The Morgan fingerprint density at radius 2 is 1.66 bits per heavy atom. The normalized spacial score (nSPS) is 21.7. The number of nitrogens with one attached hydrogen (secondary N) is 4. The third-order valence-electron chi connectivity index (χ3n) is 9.23. The van der Waals surface area contributed by atoms with Gasteiger partial charge in [-0.25, -0.2) is 9.59 Å². The van der Waals surface area contributed by atoms with Crippen molar-refractivity contribution in [2.24, 2.45) is 0 Å². The second-order valence-corrected chi connectivity index (χ2v) is 13.9. The van der Waals surface area contributed by atoms with Crippen LogP contribution in [0.2, 0.25) is 0 Å². The Hall–Kier alpha value is -3.32. The first kappa shape index (κ1) is 36.5. The van der Waals surface area contributed by atoms with Gasteiger partial charge in [-0.15, -0.1) is 0 Å². The lowest BCUT2D eigenvalue weighted by Gasteiger charge is -2.46. The van der Waals surface area contributed by atoms with E-state index in [0.717, 1.165) is 38.0 Å². The highest BCUT2D eigenvalue weighted by atomic mass is 32.2. The van der Waals surface area contributed by atoms with Crippen LogP contribution in [0, 0.1) is 0 Å². The van der Waals surface area contributed by atoms with Gasteiger partial charge in [0.1, 0.15) is 5.54 Å². The number of para-hydroxylation sites is 1. The number of hydrogen-bond donors (Lipinski definition) is 4. The molecule has 4 rings (SSSR count). The number of esters is 1. The number of anilines is 1. The Balaban J connectivity index is 1.13. The van der Waals surface area contributed by atoms with E-state index in [4.69, 9.17) is 4.74 Å². The number of nitrogens with zero attached hydrogens (tertiary/aromatic N) is 2. The molecule has 0 aromatic heterocycles. The van der Waals surface area contributed by atoms with Crippen LogP contribution in [0.3, 0.4) is 0 Å². The van der Waals surface area contributed by atoms with E-state index in [1.807, 2.05) is 42.1 Å². The molecule has 1 aromatic carbocycles. The molecule has 5 amide bonds. The Labute approximate surface area is 282 Å². The van der Waals surface area contributed by atoms with Gasteiger partial charge in [-0.2, -0.15) is 11.8 Å². The van der Waals surface area contributed by atoms with Crippen molar-refractivity contribution in [1.82, 2.24) is 26.2 Å². The number of rotatable bonds is 18. The summed E-state index contributed by atoms with van der Waals surface area (Å²) in [6, 6.07) is 9.64. The quantitative estimate of drug-likeness (QED) is 0.106. The van der Waals surface area contributed by atoms with Crippen LogP contribution in [0.4, 0.5) is 10.5 Å². The number of carbonyl (C=O) groups excluding carboxylic acids is 5. The van der Waals surface area contributed by atoms with Crippen LogP contribution in [-0.4, -0.2) is 103 Å². The number of hydrogen-bond acceptors (Lipinski definition) is 8. The van der Waals surface area contributed by atoms with E-state index < -0.39 is 11.5 Å². The van der Waals surface area contributed by atoms with E-state index in [0.29, 0.717) is 62.8 Å². The standard InChI is InChI=1S/C34H52N6O6S/c1-3-20-39-21-16-34(17-22-39,40(30(43)4-2)25-11-6-5-7-12-25)32(44)46-23-10-15-29(42)36-19-18-35-28(41)14-9-8-13-27-31-26(24-47-27)37-33(45)38-31/h5-7,11-12,26-27,31H,3-4,8-10,13-24H2,1-2H3,(H,35,41)(H,36,42)(H2,37,38,45)/t26-,27-,31-/m0/s1. The smallest absolute Gasteiger partial charge is 0.332 e. The number of piperidine rings is 1. The summed E-state index contributed by atoms with van der Waals surface area (Å²) >= 11 is 1.87. The predicted molar refractivity (Wildman–Crippen MR) is 183 cm³/mol. The van der Waals surface area contributed by atoms with Crippen molar-refractivity contribution in [1.29, 1.82) is 0 Å². The van der Waals surface area contributed by atoms with E-state index >= 15 is 0 Å². The summed E-state index contributed by atoms with van der Waals surface area (Å²) in [4.78, 5) is 67.1. The molecule has 0 bridgehead atoms. The molecule has 13 heteroatoms. The highest BCUT2D eigenvalue weighted by Gasteiger charge is 2.50. The SMILES string of the molecule is CCCN1CCC(C(=O)OCCCC(=O)NCCNC(=O)CCCC[C@@H]2SC[C@@H]3NC(=O)N[C@@H]32)(N(C(=O)CC)c2ccccc2)CC1. The van der Waals surface area contributed by atoms with Crippen LogP contribution in [0.5, 0.6) is 0 Å². The van der Waals surface area contributed by atoms with Crippen molar-refractivity contribution < 1.29 is 28.7 Å². The average Bonchev–Trinajstić information content (AvgIpc) is 3.63. The third kappa shape index (κ3) is 10.1. The van der Waals surface area contributed by atoms with Crippen molar-refractivity contribution in [3.8, 4) is 0 Å². The molecule has 0 unspecified atom stereocenters. The molecule has 0 aliphatic carbocycles. The maximum Gasteiger partial charge on any atom is 0.332 e. The van der Waals surface area contributed by atoms with E-state index in [1.165, 1.54) is 0 Å². The molecule has 3 aliphatic rings. The number of carbonyl (C=O) groups is 5. The molecule has 1 aromatic rings. The maximum absolute atomic E-state index is 13.8. The zero-order valence-corrected chi connectivity index (χ0v) is 28.7. The van der Waals surface area contributed by atoms with Gasteiger partial charge in [0.2, 0.25) is 17.7 Å². The summed E-state index contributed by atoms with van der Waals surface area (Å²) in [6.07, 6.45) is 5.89. The van der Waals surface area contributed by atoms with Gasteiger partial charge in [0.25, 0.3) is 0 Å². The molecule has 3 saturated heterocycles. The van der Waals surface area contributed by atoms with Gasteiger partial charge in [-0.1, -0.05) is 38.5 Å². The van der Waals surface area contributed by atoms with Crippen LogP contribution in [0.1, 0.15) is 78.1 Å². The molecule has 0 radical (unpaired) electrons. The first-order chi connectivity index (χ1) is 22.8. The number of ether oxygens (including phenoxy) is 1. The molecule has 0 saturated carbocycles. The summed E-state index contributed by atoms with van der Waals surface area (Å²) in [6.45, 7) is 7.01. The topological polar surface area (TPSA) is 149 Å². The maximum atomic E-state index is 13.8. The Bertz CT molecular complexity index is 1210. The van der Waals surface area contributed by atoms with Crippen molar-refractivity contribution in [3.63, 3.8) is 0 Å². The van der Waals surface area contributed by atoms with Gasteiger partial charge in [0.05, 0.1) is 18.7 Å². The molecule has 47 heavy (non-hydrogen) atoms. The van der Waals surface area contributed by atoms with Crippen molar-refractivity contribution in [2.75, 3.05) is 50.0 Å². The van der Waals surface area contributed by atoms with Gasteiger partial charge in [-0.05, 0) is 57.2 Å². The monoisotopic (exact) mass is 672 g/mol. The molecule has 12 nitrogen and oxygen atoms in total. The summed E-state index contributed by atoms with van der Waals surface area (Å²) in [5.74, 6) is 0.169. The van der Waals surface area contributed by atoms with Crippen molar-refractivity contribution >= 4 is 47.2 Å². The number of likely N-dealkylation sites (tertiary alicyclic amines) is 1. The average molecular weight is 673 g/mol. The van der Waals surface area contributed by atoms with Crippen molar-refractivity contribution in [2.45, 2.75) is 101 Å². The largest absolute Gasteiger partial charge is 0.464 e. The molecule has 3 atom stereocenters. The third-order valence-corrected chi connectivity index (χ3v) is 10.7. The number of urea groups is 1. The minimum atomic E-state index is -1.09. The van der Waals surface area contributed by atoms with Gasteiger partial charge >= 0.3 is 12.0 Å². The van der Waals surface area contributed by atoms with Crippen LogP contribution >= 0.6 is 11.8 Å². The minimum absolute atomic E-state index is 0.0421. The second-order valence-electron chi connectivity index (χ2n) is 12.6. The first-order valence-electron chi connectivity index (χ1n) is 17.3. The Morgan fingerprint density at radius 3 is 2.32 bits per heavy atom. The molecular weight excluding hydrogens is 620 g/mol. The fourth-order valence-electron chi connectivity index (χ4n) is 6.73. The number of unbranched alkanes of at least 4 members (excludes halogenated alkanes) is 1. The number of thioether (sulfide) groups is 1. The molecule has 0 spiro atoms. The van der Waals surface area contributed by atoms with E-state index in [-0.39, 0.29) is 55.3 Å². The molecule has 260 valence electrons. The van der Waals surface area contributed by atoms with Crippen LogP contribution < -0.4 is 26.2 Å². The predicted octanol–water partition coefficient (Wildman–Crippen LogP) is 2.96. The fraction of sp³-hybridized carbons (Fsp3) is 0.676. The van der Waals surface area contributed by atoms with Gasteiger partial charge in [-0.3, -0.25) is 19.3 Å². The lowest BCUT2D eigenvalue weighted by molar-refractivity contribution is -0.154. The summed E-state index contributed by atoms with van der Waals surface area (Å²) in [7, 11) is 0. The molecule has 3 heterocycles. The second kappa shape index (κ2) is 18.3. The van der Waals surface area contributed by atoms with Crippen LogP contribution in [0.25, 0.3) is 0 Å². The van der Waals surface area contributed by atoms with Crippen LogP contribution in [-0.2, 0) is 23.9 Å². The lowest BCUT2D eigenvalue weighted by atomic mass is 9.84. The van der Waals surface area contributed by atoms with E-state index in [2.05, 4.69) is 33.1 Å². The zero-order chi connectivity index (χ0) is 33.6. The van der Waals surface area contributed by atoms with Crippen molar-refractivity contribution in [3.05, 3.63) is 30.3 Å². The zero-order valence-electron chi connectivity index (χ0n) is 27.9. The Morgan fingerprint density at radius 1 is 0.979 bits per heavy atom. The van der Waals surface area contributed by atoms with Gasteiger partial charge in [0, 0.05) is 62.1 Å². The number of benzene rings is 1. The van der Waals surface area contributed by atoms with Gasteiger partial charge < -0.3 is 30.9 Å². The first-order valence-corrected chi connectivity index (χ1v) is 18.3. The lowest BCUT2D eigenvalue weighted by Crippen LogP contribution is -2.63. The summed E-state index contributed by atoms with van der Waals surface area (Å²) in [5, 5.41) is 12.0. The van der Waals surface area contributed by atoms with E-state index in [1.54, 1.807) is 11.8 Å². The van der Waals surface area contributed by atoms with E-state index in [9.17, 15) is 24.0 Å². The molecule has 3 aliphatic heterocycles. The highest BCUT2D eigenvalue weighted by molar-refractivity contribution is 8.00. The Kier molecular flexibility index (Phi) is 14.2.